The number of aryl methyl sites for hydroxylation is 2. The van der Waals surface area contributed by atoms with E-state index in [-0.39, 0.29) is 11.6 Å². The van der Waals surface area contributed by atoms with Gasteiger partial charge in [-0.2, -0.15) is 5.10 Å². The van der Waals surface area contributed by atoms with Crippen molar-refractivity contribution in [1.82, 2.24) is 24.5 Å². The highest BCUT2D eigenvalue weighted by molar-refractivity contribution is 6.35. The molecule has 0 saturated carbocycles. The zero-order chi connectivity index (χ0) is 20.1. The van der Waals surface area contributed by atoms with Gasteiger partial charge in [0.2, 0.25) is 0 Å². The monoisotopic (exact) mass is 407 g/mol. The molecule has 0 atom stereocenters. The van der Waals surface area contributed by atoms with Crippen molar-refractivity contribution in [1.29, 1.82) is 0 Å². The van der Waals surface area contributed by atoms with Gasteiger partial charge < -0.3 is 9.88 Å². The molecule has 1 aromatic carbocycles. The van der Waals surface area contributed by atoms with Gasteiger partial charge in [0.15, 0.2) is 5.65 Å². The summed E-state index contributed by atoms with van der Waals surface area (Å²) in [5.41, 5.74) is 4.49. The third kappa shape index (κ3) is 3.12. The number of benzene rings is 1. The minimum absolute atomic E-state index is 0.0178. The number of aromatic nitrogens is 4. The maximum Gasteiger partial charge on any atom is 0.260 e. The van der Waals surface area contributed by atoms with E-state index in [0.29, 0.717) is 10.4 Å². The highest BCUT2D eigenvalue weighted by atomic mass is 35.5. The number of piperidine rings is 1. The van der Waals surface area contributed by atoms with Crippen LogP contribution in [0.5, 0.6) is 0 Å². The van der Waals surface area contributed by atoms with Crippen LogP contribution in [0.1, 0.15) is 30.1 Å². The van der Waals surface area contributed by atoms with Gasteiger partial charge >= 0.3 is 0 Å². The summed E-state index contributed by atoms with van der Waals surface area (Å²) < 4.78 is 3.64. The van der Waals surface area contributed by atoms with Crippen LogP contribution in [0.15, 0.2) is 41.5 Å². The van der Waals surface area contributed by atoms with Gasteiger partial charge in [-0.15, -0.1) is 0 Å². The summed E-state index contributed by atoms with van der Waals surface area (Å²) in [7, 11) is 0. The molecule has 0 radical (unpaired) electrons. The summed E-state index contributed by atoms with van der Waals surface area (Å²) >= 11 is 6.62. The third-order valence-corrected chi connectivity index (χ3v) is 6.01. The van der Waals surface area contributed by atoms with Crippen LogP contribution in [0, 0.1) is 13.8 Å². The molecule has 1 aliphatic rings. The molecule has 4 aromatic rings. The van der Waals surface area contributed by atoms with Crippen LogP contribution in [0.2, 0.25) is 5.02 Å². The van der Waals surface area contributed by atoms with E-state index in [9.17, 15) is 4.79 Å². The van der Waals surface area contributed by atoms with Crippen LogP contribution in [0.25, 0.3) is 27.7 Å². The number of rotatable bonds is 2. The van der Waals surface area contributed by atoms with E-state index in [4.69, 9.17) is 16.7 Å². The first kappa shape index (κ1) is 18.3. The van der Waals surface area contributed by atoms with Crippen LogP contribution in [0.4, 0.5) is 0 Å². The molecule has 0 bridgehead atoms. The summed E-state index contributed by atoms with van der Waals surface area (Å²) in [6.45, 7) is 5.84. The second-order valence-corrected chi connectivity index (χ2v) is 8.20. The molecular formula is C22H22ClN5O. The first-order chi connectivity index (χ1) is 14.0. The summed E-state index contributed by atoms with van der Waals surface area (Å²) in [6.07, 6.45) is 5.72. The predicted molar refractivity (Wildman–Crippen MR) is 116 cm³/mol. The van der Waals surface area contributed by atoms with Crippen LogP contribution in [0.3, 0.4) is 0 Å². The summed E-state index contributed by atoms with van der Waals surface area (Å²) in [5, 5.41) is 9.91. The van der Waals surface area contributed by atoms with E-state index in [1.807, 2.05) is 55.1 Å². The van der Waals surface area contributed by atoms with E-state index < -0.39 is 0 Å². The fourth-order valence-corrected chi connectivity index (χ4v) is 4.56. The van der Waals surface area contributed by atoms with Crippen LogP contribution < -0.4 is 10.9 Å². The van der Waals surface area contributed by atoms with Gasteiger partial charge in [0.1, 0.15) is 0 Å². The van der Waals surface area contributed by atoms with Crippen molar-refractivity contribution in [3.8, 4) is 11.3 Å². The van der Waals surface area contributed by atoms with Crippen molar-refractivity contribution in [2.45, 2.75) is 32.7 Å². The molecule has 29 heavy (non-hydrogen) atoms. The van der Waals surface area contributed by atoms with Crippen LogP contribution in [-0.2, 0) is 0 Å². The minimum Gasteiger partial charge on any atom is -0.317 e. The maximum atomic E-state index is 13.2. The van der Waals surface area contributed by atoms with Crippen LogP contribution >= 0.6 is 11.6 Å². The Morgan fingerprint density at radius 2 is 1.97 bits per heavy atom. The van der Waals surface area contributed by atoms with Crippen molar-refractivity contribution < 1.29 is 0 Å². The zero-order valence-electron chi connectivity index (χ0n) is 16.4. The molecular weight excluding hydrogens is 386 g/mol. The number of fused-ring (bicyclic) bond motifs is 2. The number of pyridine rings is 1. The Labute approximate surface area is 173 Å². The molecule has 1 aliphatic heterocycles. The van der Waals surface area contributed by atoms with E-state index in [0.717, 1.165) is 59.5 Å². The largest absolute Gasteiger partial charge is 0.317 e. The molecule has 0 aliphatic carbocycles. The normalized spacial score (nSPS) is 15.4. The van der Waals surface area contributed by atoms with Gasteiger partial charge in [0.25, 0.3) is 5.56 Å². The van der Waals surface area contributed by atoms with Gasteiger partial charge in [-0.05, 0) is 75.0 Å². The number of halogens is 1. The summed E-state index contributed by atoms with van der Waals surface area (Å²) in [5.74, 6) is 0. The third-order valence-electron chi connectivity index (χ3n) is 5.71. The van der Waals surface area contributed by atoms with E-state index in [1.165, 1.54) is 0 Å². The fourth-order valence-electron chi connectivity index (χ4n) is 4.25. The molecule has 148 valence electrons. The molecule has 1 N–H and O–H groups in total. The lowest BCUT2D eigenvalue weighted by Crippen LogP contribution is -2.34. The molecule has 3 aromatic heterocycles. The molecule has 0 unspecified atom stereocenters. The standard InChI is InChI=1S/C22H22ClN5O/c1-13-9-19(26-28-12-14(2)25-21(13)28)16-10-15-5-8-27(17-3-6-24-7-4-17)22(29)20(15)18(23)11-16/h5,8-12,17,24H,3-4,6-7H2,1-2H3. The van der Waals surface area contributed by atoms with Crippen LogP contribution in [-0.4, -0.2) is 32.3 Å². The van der Waals surface area contributed by atoms with Gasteiger partial charge in [-0.25, -0.2) is 9.50 Å². The lowest BCUT2D eigenvalue weighted by molar-refractivity contribution is 0.362. The van der Waals surface area contributed by atoms with E-state index >= 15 is 0 Å². The maximum absolute atomic E-state index is 13.2. The Morgan fingerprint density at radius 3 is 2.76 bits per heavy atom. The Hall–Kier alpha value is -2.70. The van der Waals surface area contributed by atoms with Crippen molar-refractivity contribution in [3.05, 3.63) is 63.3 Å². The topological polar surface area (TPSA) is 64.2 Å². The molecule has 1 saturated heterocycles. The number of nitrogens with one attached hydrogen (secondary N) is 1. The smallest absolute Gasteiger partial charge is 0.260 e. The molecule has 1 fully saturated rings. The summed E-state index contributed by atoms with van der Waals surface area (Å²) in [6, 6.07) is 8.05. The number of imidazole rings is 1. The second-order valence-electron chi connectivity index (χ2n) is 7.79. The van der Waals surface area contributed by atoms with Gasteiger partial charge in [-0.1, -0.05) is 11.6 Å². The number of nitrogens with zero attached hydrogens (tertiary/aromatic N) is 4. The highest BCUT2D eigenvalue weighted by Crippen LogP contribution is 2.30. The quantitative estimate of drug-likeness (QED) is 0.547. The molecule has 5 rings (SSSR count). The minimum atomic E-state index is -0.0178. The summed E-state index contributed by atoms with van der Waals surface area (Å²) in [4.78, 5) is 17.7. The average Bonchev–Trinajstić information content (AvgIpc) is 3.09. The van der Waals surface area contributed by atoms with Crippen molar-refractivity contribution in [2.75, 3.05) is 13.1 Å². The number of hydrogen-bond acceptors (Lipinski definition) is 4. The molecule has 0 amide bonds. The lowest BCUT2D eigenvalue weighted by Gasteiger charge is -2.25. The first-order valence-electron chi connectivity index (χ1n) is 9.90. The van der Waals surface area contributed by atoms with Crippen molar-refractivity contribution in [2.24, 2.45) is 0 Å². The number of hydrogen-bond donors (Lipinski definition) is 1. The van der Waals surface area contributed by atoms with Crippen molar-refractivity contribution >= 4 is 28.0 Å². The fraction of sp³-hybridized carbons (Fsp3) is 0.318. The second kappa shape index (κ2) is 6.97. The first-order valence-corrected chi connectivity index (χ1v) is 10.3. The van der Waals surface area contributed by atoms with Gasteiger partial charge in [0, 0.05) is 17.8 Å². The highest BCUT2D eigenvalue weighted by Gasteiger charge is 2.18. The lowest BCUT2D eigenvalue weighted by atomic mass is 10.0. The molecule has 0 spiro atoms. The SMILES string of the molecule is Cc1cn2nc(-c3cc(Cl)c4c(=O)n(C5CCNCC5)ccc4c3)cc(C)c2n1. The van der Waals surface area contributed by atoms with E-state index in [2.05, 4.69) is 10.3 Å². The van der Waals surface area contributed by atoms with E-state index in [1.54, 1.807) is 4.52 Å². The Balaban J connectivity index is 1.64. The Morgan fingerprint density at radius 1 is 1.17 bits per heavy atom. The van der Waals surface area contributed by atoms with Gasteiger partial charge in [-0.3, -0.25) is 4.79 Å². The average molecular weight is 408 g/mol. The van der Waals surface area contributed by atoms with Gasteiger partial charge in [0.05, 0.1) is 28.0 Å². The molecule has 6 nitrogen and oxygen atoms in total. The molecule has 7 heteroatoms. The predicted octanol–water partition coefficient (Wildman–Crippen LogP) is 3.91. The Kier molecular flexibility index (Phi) is 4.41. The zero-order valence-corrected chi connectivity index (χ0v) is 17.2. The molecule has 4 heterocycles. The van der Waals surface area contributed by atoms with Crippen molar-refractivity contribution in [3.63, 3.8) is 0 Å². The Bertz CT molecular complexity index is 1300.